The first-order valence-electron chi connectivity index (χ1n) is 10.2. The second kappa shape index (κ2) is 9.36. The molecule has 4 rings (SSSR count). The summed E-state index contributed by atoms with van der Waals surface area (Å²) in [4.78, 5) is 24.2. The van der Waals surface area contributed by atoms with Crippen LogP contribution in [0, 0.1) is 13.8 Å². The van der Waals surface area contributed by atoms with Crippen LogP contribution in [0.5, 0.6) is 0 Å². The molecule has 1 fully saturated rings. The van der Waals surface area contributed by atoms with E-state index < -0.39 is 0 Å². The lowest BCUT2D eigenvalue weighted by atomic mass is 10.2. The van der Waals surface area contributed by atoms with Crippen LogP contribution in [-0.2, 0) is 4.79 Å². The number of carbonyl (C=O) groups is 1. The summed E-state index contributed by atoms with van der Waals surface area (Å²) in [6.45, 7) is 9.15. The maximum absolute atomic E-state index is 11.2. The van der Waals surface area contributed by atoms with E-state index in [1.54, 1.807) is 0 Å². The van der Waals surface area contributed by atoms with Gasteiger partial charge in [0.2, 0.25) is 5.91 Å². The first-order chi connectivity index (χ1) is 15.0. The summed E-state index contributed by atoms with van der Waals surface area (Å²) in [6.07, 6.45) is 0. The number of aryl methyl sites for hydroxylation is 1. The van der Waals surface area contributed by atoms with Crippen molar-refractivity contribution >= 4 is 40.8 Å². The fourth-order valence-corrected chi connectivity index (χ4v) is 4.11. The van der Waals surface area contributed by atoms with Crippen molar-refractivity contribution in [2.75, 3.05) is 41.7 Å². The van der Waals surface area contributed by atoms with Gasteiger partial charge in [0.05, 0.1) is 0 Å². The maximum atomic E-state index is 11.2. The number of aromatic nitrogens is 4. The van der Waals surface area contributed by atoms with Crippen molar-refractivity contribution < 1.29 is 4.79 Å². The largest absolute Gasteiger partial charge is 0.354 e. The highest BCUT2D eigenvalue weighted by atomic mass is 32.2. The fourth-order valence-electron chi connectivity index (χ4n) is 3.36. The van der Waals surface area contributed by atoms with E-state index >= 15 is 0 Å². The summed E-state index contributed by atoms with van der Waals surface area (Å²) < 4.78 is 0. The van der Waals surface area contributed by atoms with Crippen LogP contribution >= 0.6 is 11.8 Å². The van der Waals surface area contributed by atoms with Gasteiger partial charge in [-0.15, -0.1) is 0 Å². The number of hydrogen-bond acceptors (Lipinski definition) is 8. The van der Waals surface area contributed by atoms with Gasteiger partial charge in [-0.25, -0.2) is 9.97 Å². The minimum Gasteiger partial charge on any atom is -0.354 e. The number of amides is 1. The van der Waals surface area contributed by atoms with Crippen molar-refractivity contribution in [2.24, 2.45) is 0 Å². The van der Waals surface area contributed by atoms with Gasteiger partial charge < -0.3 is 20.9 Å². The van der Waals surface area contributed by atoms with Gasteiger partial charge in [-0.2, -0.15) is 5.10 Å². The number of rotatable bonds is 6. The molecule has 3 heterocycles. The third kappa shape index (κ3) is 5.33. The normalized spacial score (nSPS) is 13.8. The number of piperazine rings is 1. The highest BCUT2D eigenvalue weighted by Crippen LogP contribution is 2.32. The number of aromatic amines is 1. The monoisotopic (exact) mass is 438 g/mol. The Morgan fingerprint density at radius 3 is 2.52 bits per heavy atom. The fraction of sp³-hybridized carbons (Fsp3) is 0.333. The van der Waals surface area contributed by atoms with Crippen molar-refractivity contribution in [2.45, 2.75) is 30.8 Å². The van der Waals surface area contributed by atoms with Crippen LogP contribution in [0.1, 0.15) is 18.2 Å². The molecule has 1 aliphatic rings. The first kappa shape index (κ1) is 21.1. The van der Waals surface area contributed by atoms with Crippen molar-refractivity contribution in [3.63, 3.8) is 0 Å². The molecule has 31 heavy (non-hydrogen) atoms. The third-order valence-corrected chi connectivity index (χ3v) is 5.73. The standard InChI is InChI=1S/C21H26N8OS/c1-13-12-18(28-27-13)24-19-14(2)20(29-10-8-22-9-11-29)26-21(25-19)31-17-6-4-16(5-7-17)23-15(3)30/h4-7,12,22H,8-11H2,1-3H3,(H,23,30)(H2,24,25,26,27,28). The first-order valence-corrected chi connectivity index (χ1v) is 11.0. The summed E-state index contributed by atoms with van der Waals surface area (Å²) in [7, 11) is 0. The van der Waals surface area contributed by atoms with E-state index in [0.717, 1.165) is 65.5 Å². The maximum Gasteiger partial charge on any atom is 0.221 e. The quantitative estimate of drug-likeness (QED) is 0.435. The average molecular weight is 439 g/mol. The molecule has 0 aliphatic carbocycles. The van der Waals surface area contributed by atoms with E-state index in [0.29, 0.717) is 5.16 Å². The van der Waals surface area contributed by atoms with Crippen LogP contribution in [0.3, 0.4) is 0 Å². The zero-order valence-electron chi connectivity index (χ0n) is 17.8. The van der Waals surface area contributed by atoms with Gasteiger partial charge in [-0.05, 0) is 49.9 Å². The third-order valence-electron chi connectivity index (χ3n) is 4.85. The molecule has 0 spiro atoms. The van der Waals surface area contributed by atoms with Crippen LogP contribution in [0.25, 0.3) is 0 Å². The summed E-state index contributed by atoms with van der Waals surface area (Å²) in [6, 6.07) is 9.60. The molecule has 4 N–H and O–H groups in total. The van der Waals surface area contributed by atoms with Gasteiger partial charge in [0.25, 0.3) is 0 Å². The van der Waals surface area contributed by atoms with Gasteiger partial charge in [-0.3, -0.25) is 9.89 Å². The van der Waals surface area contributed by atoms with E-state index in [1.807, 2.05) is 44.2 Å². The molecule has 0 saturated carbocycles. The van der Waals surface area contributed by atoms with Gasteiger partial charge in [0.15, 0.2) is 11.0 Å². The van der Waals surface area contributed by atoms with Crippen LogP contribution in [-0.4, -0.2) is 52.3 Å². The number of anilines is 4. The van der Waals surface area contributed by atoms with Crippen LogP contribution in [0.15, 0.2) is 40.4 Å². The zero-order valence-corrected chi connectivity index (χ0v) is 18.6. The summed E-state index contributed by atoms with van der Waals surface area (Å²) in [5, 5.41) is 17.4. The number of benzene rings is 1. The molecule has 1 saturated heterocycles. The Labute approximate surface area is 185 Å². The lowest BCUT2D eigenvalue weighted by Crippen LogP contribution is -2.44. The summed E-state index contributed by atoms with van der Waals surface area (Å²) >= 11 is 1.49. The van der Waals surface area contributed by atoms with Crippen molar-refractivity contribution in [1.82, 2.24) is 25.5 Å². The smallest absolute Gasteiger partial charge is 0.221 e. The summed E-state index contributed by atoms with van der Waals surface area (Å²) in [5.41, 5.74) is 2.73. The Hall–Kier alpha value is -3.11. The molecule has 162 valence electrons. The zero-order chi connectivity index (χ0) is 21.8. The lowest BCUT2D eigenvalue weighted by Gasteiger charge is -2.30. The van der Waals surface area contributed by atoms with Crippen molar-refractivity contribution in [3.05, 3.63) is 41.6 Å². The molecule has 10 heteroatoms. The second-order valence-electron chi connectivity index (χ2n) is 7.41. The molecule has 1 aliphatic heterocycles. The molecule has 0 bridgehead atoms. The minimum absolute atomic E-state index is 0.0905. The average Bonchev–Trinajstić information content (AvgIpc) is 3.16. The van der Waals surface area contributed by atoms with E-state index in [-0.39, 0.29) is 5.91 Å². The molecule has 0 radical (unpaired) electrons. The van der Waals surface area contributed by atoms with Gasteiger partial charge in [-0.1, -0.05) is 0 Å². The molecular weight excluding hydrogens is 412 g/mol. The van der Waals surface area contributed by atoms with E-state index in [4.69, 9.17) is 9.97 Å². The Kier molecular flexibility index (Phi) is 6.38. The topological polar surface area (TPSA) is 111 Å². The Morgan fingerprint density at radius 2 is 1.87 bits per heavy atom. The molecule has 1 aromatic carbocycles. The Bertz CT molecular complexity index is 1060. The van der Waals surface area contributed by atoms with Gasteiger partial charge in [0.1, 0.15) is 11.6 Å². The van der Waals surface area contributed by atoms with Crippen molar-refractivity contribution in [3.8, 4) is 0 Å². The predicted molar refractivity (Wildman–Crippen MR) is 123 cm³/mol. The molecule has 3 aromatic rings. The number of H-pyrrole nitrogens is 1. The SMILES string of the molecule is CC(=O)Nc1ccc(Sc2nc(Nc3cc(C)[nH]n3)c(C)c(N3CCNCC3)n2)cc1. The molecule has 9 nitrogen and oxygen atoms in total. The summed E-state index contributed by atoms with van der Waals surface area (Å²) in [5.74, 6) is 2.31. The van der Waals surface area contributed by atoms with Crippen LogP contribution in [0.2, 0.25) is 0 Å². The molecule has 1 amide bonds. The predicted octanol–water partition coefficient (Wildman–Crippen LogP) is 3.08. The van der Waals surface area contributed by atoms with Crippen LogP contribution in [0.4, 0.5) is 23.1 Å². The number of carbonyl (C=O) groups excluding carboxylic acids is 1. The Morgan fingerprint density at radius 1 is 1.13 bits per heavy atom. The highest BCUT2D eigenvalue weighted by Gasteiger charge is 2.19. The van der Waals surface area contributed by atoms with E-state index in [9.17, 15) is 4.79 Å². The van der Waals surface area contributed by atoms with E-state index in [2.05, 4.69) is 31.0 Å². The molecule has 0 unspecified atom stereocenters. The number of nitrogens with one attached hydrogen (secondary N) is 4. The number of nitrogens with zero attached hydrogens (tertiary/aromatic N) is 4. The number of hydrogen-bond donors (Lipinski definition) is 4. The van der Waals surface area contributed by atoms with Gasteiger partial charge in [0, 0.05) is 61.0 Å². The van der Waals surface area contributed by atoms with E-state index in [1.165, 1.54) is 18.7 Å². The molecular formula is C21H26N8OS. The lowest BCUT2D eigenvalue weighted by molar-refractivity contribution is -0.114. The molecule has 2 aromatic heterocycles. The highest BCUT2D eigenvalue weighted by molar-refractivity contribution is 7.99. The van der Waals surface area contributed by atoms with Crippen LogP contribution < -0.4 is 20.9 Å². The van der Waals surface area contributed by atoms with Gasteiger partial charge >= 0.3 is 0 Å². The molecule has 0 atom stereocenters. The Balaban J connectivity index is 1.63. The van der Waals surface area contributed by atoms with Crippen molar-refractivity contribution in [1.29, 1.82) is 0 Å². The minimum atomic E-state index is -0.0905. The second-order valence-corrected chi connectivity index (χ2v) is 8.45.